The summed E-state index contributed by atoms with van der Waals surface area (Å²) >= 11 is 2.06. The van der Waals surface area contributed by atoms with Crippen LogP contribution >= 0.6 is 0 Å². The second-order valence-electron chi connectivity index (χ2n) is 4.04. The number of rotatable bonds is 1. The second-order valence-corrected chi connectivity index (χ2v) is 4.04. The van der Waals surface area contributed by atoms with E-state index in [1.807, 2.05) is 6.08 Å². The van der Waals surface area contributed by atoms with Crippen LogP contribution in [-0.4, -0.2) is 44.1 Å². The molecule has 3 heteroatoms. The molecule has 0 amide bonds. The van der Waals surface area contributed by atoms with Gasteiger partial charge in [-0.3, -0.25) is 0 Å². The van der Waals surface area contributed by atoms with Gasteiger partial charge >= 0.3 is 35.5 Å². The average Bonchev–Trinajstić information content (AvgIpc) is 2.44. The molecule has 2 aliphatic heterocycles. The summed E-state index contributed by atoms with van der Waals surface area (Å²) in [5, 5.41) is 1.08. The van der Waals surface area contributed by atoms with Gasteiger partial charge in [-0.2, -0.15) is 0 Å². The average molecular weight is 220 g/mol. The predicted molar refractivity (Wildman–Crippen MR) is 70.1 cm³/mol. The molecule has 2 fully saturated rings. The summed E-state index contributed by atoms with van der Waals surface area (Å²) in [7, 11) is 0. The van der Waals surface area contributed by atoms with Crippen molar-refractivity contribution in [2.24, 2.45) is 0 Å². The molecule has 0 saturated carbocycles. The topological polar surface area (TPSA) is 18.5 Å². The zero-order chi connectivity index (χ0) is 11.9. The van der Waals surface area contributed by atoms with Gasteiger partial charge in [-0.1, -0.05) is 0 Å². The molecule has 0 spiro atoms. The Labute approximate surface area is 110 Å². The molecule has 0 atom stereocenters. The molecule has 16 heavy (non-hydrogen) atoms. The molecule has 0 aromatic heterocycles. The molecule has 0 bridgehead atoms. The van der Waals surface area contributed by atoms with Crippen molar-refractivity contribution in [2.75, 3.05) is 26.4 Å². The second kappa shape index (κ2) is 15.3. The monoisotopic (exact) mass is 220 g/mol. The molecule has 0 aliphatic carbocycles. The van der Waals surface area contributed by atoms with E-state index in [0.717, 1.165) is 31.5 Å². The predicted octanol–water partition coefficient (Wildman–Crippen LogP) is 3.13. The van der Waals surface area contributed by atoms with Gasteiger partial charge in [0.05, 0.1) is 0 Å². The third-order valence-corrected chi connectivity index (χ3v) is 2.44. The van der Waals surface area contributed by atoms with Crippen LogP contribution in [0.1, 0.15) is 38.5 Å². The van der Waals surface area contributed by atoms with Crippen LogP contribution in [0, 0.1) is 0 Å². The van der Waals surface area contributed by atoms with Gasteiger partial charge in [-0.15, -0.1) is 0 Å². The molecule has 2 heterocycles. The first kappa shape index (κ1) is 16.3. The van der Waals surface area contributed by atoms with Crippen LogP contribution in [-0.2, 0) is 9.47 Å². The van der Waals surface area contributed by atoms with Gasteiger partial charge in [-0.05, 0) is 38.5 Å². The van der Waals surface area contributed by atoms with Crippen LogP contribution in [0.3, 0.4) is 0 Å². The van der Waals surface area contributed by atoms with E-state index in [1.165, 1.54) is 38.5 Å². The molecule has 90 valence electrons. The van der Waals surface area contributed by atoms with E-state index in [-0.39, 0.29) is 0 Å². The molecule has 0 aromatic carbocycles. The zero-order valence-electron chi connectivity index (χ0n) is 10.9. The quantitative estimate of drug-likeness (QED) is 0.499. The van der Waals surface area contributed by atoms with Crippen LogP contribution in [0.5, 0.6) is 0 Å². The van der Waals surface area contributed by atoms with Crippen LogP contribution < -0.4 is 0 Å². The van der Waals surface area contributed by atoms with Gasteiger partial charge in [0.1, 0.15) is 0 Å². The maximum atomic E-state index is 5.07. The molecule has 0 radical (unpaired) electrons. The van der Waals surface area contributed by atoms with Crippen molar-refractivity contribution in [3.05, 3.63) is 12.7 Å². The van der Waals surface area contributed by atoms with Crippen molar-refractivity contribution in [3.63, 3.8) is 0 Å². The van der Waals surface area contributed by atoms with Crippen molar-refractivity contribution >= 4 is 17.7 Å². The molecule has 0 unspecified atom stereocenters. The Kier molecular flexibility index (Phi) is 15.5. The van der Waals surface area contributed by atoms with Crippen molar-refractivity contribution in [1.29, 1.82) is 0 Å². The van der Waals surface area contributed by atoms with E-state index >= 15 is 0 Å². The molecule has 2 rings (SSSR count). The van der Waals surface area contributed by atoms with Gasteiger partial charge in [-0.25, -0.2) is 0 Å². The Morgan fingerprint density at radius 2 is 1.12 bits per heavy atom. The van der Waals surface area contributed by atoms with E-state index in [1.54, 1.807) is 0 Å². The summed E-state index contributed by atoms with van der Waals surface area (Å²) < 4.78 is 10.1. The van der Waals surface area contributed by atoms with Crippen LogP contribution in [0.15, 0.2) is 12.7 Å². The third kappa shape index (κ3) is 14.3. The Morgan fingerprint density at radius 3 is 1.19 bits per heavy atom. The third-order valence-electron chi connectivity index (χ3n) is 2.44. The van der Waals surface area contributed by atoms with E-state index in [9.17, 15) is 0 Å². The number of ether oxygens (including phenoxy) is 2. The Bertz CT molecular complexity index is 96.9. The minimum atomic E-state index is 1.00. The summed E-state index contributed by atoms with van der Waals surface area (Å²) in [6, 6.07) is 0. The van der Waals surface area contributed by atoms with Crippen molar-refractivity contribution in [1.82, 2.24) is 0 Å². The molecule has 2 saturated heterocycles. The van der Waals surface area contributed by atoms with Crippen molar-refractivity contribution < 1.29 is 9.47 Å². The Balaban J connectivity index is 0.000000217. The van der Waals surface area contributed by atoms with Gasteiger partial charge in [0, 0.05) is 26.4 Å². The number of hydrogen-bond acceptors (Lipinski definition) is 2. The Hall–Kier alpha value is 0.257. The fourth-order valence-corrected chi connectivity index (χ4v) is 1.37. The summed E-state index contributed by atoms with van der Waals surface area (Å²) in [4.78, 5) is 0. The maximum absolute atomic E-state index is 5.07. The standard InChI is InChI=1S/2C5H10O.C3H5.Li/c2*1-2-4-6-5-3-1;1-3-2;/h2*1-5H2;3H,1-2H2;. The summed E-state index contributed by atoms with van der Waals surface area (Å²) in [5.74, 6) is 0. The molecular weight excluding hydrogens is 195 g/mol. The van der Waals surface area contributed by atoms with E-state index in [4.69, 9.17) is 9.47 Å². The van der Waals surface area contributed by atoms with Crippen LogP contribution in [0.2, 0.25) is 5.09 Å². The molecule has 2 aliphatic rings. The molecular formula is C13H25LiO2. The molecule has 0 aromatic rings. The molecule has 2 nitrogen and oxygen atoms in total. The van der Waals surface area contributed by atoms with E-state index in [2.05, 4.69) is 24.3 Å². The van der Waals surface area contributed by atoms with E-state index in [0.29, 0.717) is 0 Å². The normalized spacial score (nSPS) is 19.6. The van der Waals surface area contributed by atoms with Crippen LogP contribution in [0.4, 0.5) is 0 Å². The van der Waals surface area contributed by atoms with Gasteiger partial charge < -0.3 is 9.47 Å². The van der Waals surface area contributed by atoms with E-state index < -0.39 is 0 Å². The zero-order valence-corrected chi connectivity index (χ0v) is 10.9. The number of hydrogen-bond donors (Lipinski definition) is 0. The fourth-order valence-electron chi connectivity index (χ4n) is 1.37. The summed E-state index contributed by atoms with van der Waals surface area (Å²) in [6.45, 7) is 7.48. The van der Waals surface area contributed by atoms with Gasteiger partial charge in [0.25, 0.3) is 0 Å². The Morgan fingerprint density at radius 1 is 0.812 bits per heavy atom. The first-order chi connectivity index (χ1) is 7.91. The van der Waals surface area contributed by atoms with Gasteiger partial charge in [0.15, 0.2) is 0 Å². The molecule has 0 N–H and O–H groups in total. The SMILES string of the molecule is C1CCOCC1.C1CCOCC1.[Li][CH2]C=C. The van der Waals surface area contributed by atoms with Crippen molar-refractivity contribution in [3.8, 4) is 0 Å². The summed E-state index contributed by atoms with van der Waals surface area (Å²) in [6.07, 6.45) is 9.74. The first-order valence-corrected chi connectivity index (χ1v) is 6.68. The van der Waals surface area contributed by atoms with Crippen molar-refractivity contribution in [2.45, 2.75) is 43.6 Å². The van der Waals surface area contributed by atoms with Crippen LogP contribution in [0.25, 0.3) is 0 Å². The fraction of sp³-hybridized carbons (Fsp3) is 0.846. The minimum absolute atomic E-state index is 1.00. The van der Waals surface area contributed by atoms with Gasteiger partial charge in [0.2, 0.25) is 0 Å². The summed E-state index contributed by atoms with van der Waals surface area (Å²) in [5.41, 5.74) is 0. The first-order valence-electron chi connectivity index (χ1n) is 6.68. The number of allylic oxidation sites excluding steroid dienone is 1.